The second kappa shape index (κ2) is 10.1. The van der Waals surface area contributed by atoms with Crippen LogP contribution in [0, 0.1) is 5.92 Å². The van der Waals surface area contributed by atoms with Crippen LogP contribution in [-0.2, 0) is 11.0 Å². The minimum Gasteiger partial charge on any atom is -0.394 e. The molecule has 5 nitrogen and oxygen atoms in total. The van der Waals surface area contributed by atoms with E-state index in [1.165, 1.54) is 0 Å². The summed E-state index contributed by atoms with van der Waals surface area (Å²) >= 11 is 5.85. The number of hydrogen-bond acceptors (Lipinski definition) is 3. The Labute approximate surface area is 156 Å². The maximum absolute atomic E-state index is 12.0. The second-order valence-electron chi connectivity index (χ2n) is 7.17. The van der Waals surface area contributed by atoms with Crippen molar-refractivity contribution in [3.63, 3.8) is 0 Å². The molecule has 1 fully saturated rings. The monoisotopic (exact) mass is 391 g/mol. The summed E-state index contributed by atoms with van der Waals surface area (Å²) in [4.78, 5) is 19.6. The molecule has 2 rings (SSSR count). The molecule has 0 saturated heterocycles. The smallest absolute Gasteiger partial charge is 0.345 e. The molecule has 0 aromatic heterocycles. The van der Waals surface area contributed by atoms with Crippen LogP contribution in [0.3, 0.4) is 0 Å². The Kier molecular flexibility index (Phi) is 9.10. The first-order chi connectivity index (χ1) is 11.6. The molecular weight excluding hydrogens is 361 g/mol. The van der Waals surface area contributed by atoms with Gasteiger partial charge in [0.15, 0.2) is 0 Å². The van der Waals surface area contributed by atoms with Crippen molar-refractivity contribution in [3.05, 3.63) is 34.9 Å². The van der Waals surface area contributed by atoms with E-state index in [9.17, 15) is 14.4 Å². The fourth-order valence-electron chi connectivity index (χ4n) is 3.14. The average Bonchev–Trinajstić information content (AvgIpc) is 2.48. The number of rotatable bonds is 5. The predicted molar refractivity (Wildman–Crippen MR) is 103 cm³/mol. The lowest BCUT2D eigenvalue weighted by atomic mass is 9.86. The van der Waals surface area contributed by atoms with E-state index < -0.39 is 12.9 Å². The van der Waals surface area contributed by atoms with E-state index in [0.29, 0.717) is 30.3 Å². The first-order valence-corrected chi connectivity index (χ1v) is 10.8. The molecule has 1 aliphatic carbocycles. The van der Waals surface area contributed by atoms with Gasteiger partial charge in [0.05, 0.1) is 0 Å². The van der Waals surface area contributed by atoms with Gasteiger partial charge >= 0.3 is 7.60 Å². The zero-order valence-electron chi connectivity index (χ0n) is 15.3. The van der Waals surface area contributed by atoms with Crippen LogP contribution in [0.25, 0.3) is 0 Å². The maximum atomic E-state index is 12.0. The highest BCUT2D eigenvalue weighted by atomic mass is 35.5. The Bertz CT molecular complexity index is 558. The highest BCUT2D eigenvalue weighted by Gasteiger charge is 2.48. The van der Waals surface area contributed by atoms with Gasteiger partial charge in [0.1, 0.15) is 5.28 Å². The van der Waals surface area contributed by atoms with Crippen molar-refractivity contribution in [1.29, 1.82) is 0 Å². The molecule has 0 spiro atoms. The minimum absolute atomic E-state index is 0.167. The van der Waals surface area contributed by atoms with Crippen molar-refractivity contribution in [1.82, 2.24) is 5.32 Å². The predicted octanol–water partition coefficient (Wildman–Crippen LogP) is 3.94. The standard InChI is InChI=1S/C15H23ClNO3P.C3H8O/c1-12-3-2-9-15(11-12,21(18,19)20)17-10-8-13-4-6-14(16)7-5-13;1-3(2)4/h4-7,12,17H,2-3,8-11H2,1H3,(H2,18,19,20);3-4H,1-2H3. The summed E-state index contributed by atoms with van der Waals surface area (Å²) in [6, 6.07) is 7.55. The van der Waals surface area contributed by atoms with Crippen molar-refractivity contribution in [2.75, 3.05) is 6.54 Å². The van der Waals surface area contributed by atoms with E-state index in [1.807, 2.05) is 24.3 Å². The topological polar surface area (TPSA) is 89.8 Å². The number of halogens is 1. The first-order valence-electron chi connectivity index (χ1n) is 8.79. The number of aliphatic hydroxyl groups excluding tert-OH is 1. The summed E-state index contributed by atoms with van der Waals surface area (Å²) in [5.74, 6) is 0.342. The number of aliphatic hydroxyl groups is 1. The van der Waals surface area contributed by atoms with Crippen LogP contribution in [0.1, 0.15) is 52.0 Å². The second-order valence-corrected chi connectivity index (χ2v) is 9.55. The van der Waals surface area contributed by atoms with Gasteiger partial charge in [-0.15, -0.1) is 0 Å². The highest BCUT2D eigenvalue weighted by molar-refractivity contribution is 7.53. The van der Waals surface area contributed by atoms with Crippen molar-refractivity contribution >= 4 is 19.2 Å². The maximum Gasteiger partial charge on any atom is 0.345 e. The Morgan fingerprint density at radius 3 is 2.36 bits per heavy atom. The van der Waals surface area contributed by atoms with Gasteiger partial charge in [-0.2, -0.15) is 0 Å². The molecule has 1 saturated carbocycles. The number of nitrogens with one attached hydrogen (secondary N) is 1. The molecule has 4 N–H and O–H groups in total. The zero-order valence-corrected chi connectivity index (χ0v) is 16.9. The van der Waals surface area contributed by atoms with Gasteiger partial charge in [0.25, 0.3) is 0 Å². The number of benzene rings is 1. The van der Waals surface area contributed by atoms with Gasteiger partial charge in [-0.1, -0.05) is 43.5 Å². The van der Waals surface area contributed by atoms with Gasteiger partial charge in [-0.05, 0) is 56.7 Å². The van der Waals surface area contributed by atoms with E-state index in [2.05, 4.69) is 12.2 Å². The van der Waals surface area contributed by atoms with Crippen molar-refractivity contribution < 1.29 is 19.5 Å². The van der Waals surface area contributed by atoms with Gasteiger partial charge in [0, 0.05) is 17.7 Å². The molecule has 1 aromatic carbocycles. The Hall–Kier alpha value is -0.420. The average molecular weight is 392 g/mol. The summed E-state index contributed by atoms with van der Waals surface area (Å²) in [7, 11) is -4.17. The number of hydrogen-bond donors (Lipinski definition) is 4. The van der Waals surface area contributed by atoms with Crippen LogP contribution in [0.4, 0.5) is 0 Å². The summed E-state index contributed by atoms with van der Waals surface area (Å²) in [6.07, 6.45) is 3.55. The van der Waals surface area contributed by atoms with E-state index in [1.54, 1.807) is 13.8 Å². The van der Waals surface area contributed by atoms with Crippen molar-refractivity contribution in [2.24, 2.45) is 5.92 Å². The van der Waals surface area contributed by atoms with Crippen LogP contribution < -0.4 is 5.32 Å². The third-order valence-corrected chi connectivity index (χ3v) is 6.24. The lowest BCUT2D eigenvalue weighted by Gasteiger charge is -2.41. The Morgan fingerprint density at radius 2 is 1.88 bits per heavy atom. The Morgan fingerprint density at radius 1 is 1.32 bits per heavy atom. The molecule has 25 heavy (non-hydrogen) atoms. The van der Waals surface area contributed by atoms with E-state index in [0.717, 1.165) is 24.8 Å². The van der Waals surface area contributed by atoms with Crippen LogP contribution in [0.15, 0.2) is 24.3 Å². The van der Waals surface area contributed by atoms with Crippen LogP contribution in [-0.4, -0.2) is 32.8 Å². The molecular formula is C18H31ClNO4P. The molecule has 0 amide bonds. The molecule has 2 unspecified atom stereocenters. The fourth-order valence-corrected chi connectivity index (χ4v) is 4.58. The van der Waals surface area contributed by atoms with Gasteiger partial charge in [-0.25, -0.2) is 0 Å². The van der Waals surface area contributed by atoms with Crippen molar-refractivity contribution in [2.45, 2.75) is 64.3 Å². The van der Waals surface area contributed by atoms with Crippen LogP contribution in [0.5, 0.6) is 0 Å². The molecule has 1 aliphatic rings. The largest absolute Gasteiger partial charge is 0.394 e. The lowest BCUT2D eigenvalue weighted by molar-refractivity contribution is 0.212. The first kappa shape index (κ1) is 22.6. The van der Waals surface area contributed by atoms with E-state index in [4.69, 9.17) is 16.7 Å². The summed E-state index contributed by atoms with van der Waals surface area (Å²) in [5, 5.41) is 10.9. The summed E-state index contributed by atoms with van der Waals surface area (Å²) in [5.41, 5.74) is 1.11. The van der Waals surface area contributed by atoms with Crippen molar-refractivity contribution in [3.8, 4) is 0 Å². The van der Waals surface area contributed by atoms with Gasteiger partial charge < -0.3 is 20.2 Å². The molecule has 7 heteroatoms. The van der Waals surface area contributed by atoms with E-state index >= 15 is 0 Å². The third kappa shape index (κ3) is 7.78. The molecule has 1 aromatic rings. The summed E-state index contributed by atoms with van der Waals surface area (Å²) < 4.78 is 12.0. The van der Waals surface area contributed by atoms with E-state index in [-0.39, 0.29) is 6.10 Å². The van der Waals surface area contributed by atoms with Gasteiger partial charge in [-0.3, -0.25) is 4.57 Å². The minimum atomic E-state index is -4.17. The third-order valence-electron chi connectivity index (χ3n) is 4.31. The molecule has 2 atom stereocenters. The molecule has 144 valence electrons. The van der Waals surface area contributed by atoms with Crippen LogP contribution >= 0.6 is 19.2 Å². The molecule has 0 radical (unpaired) electrons. The Balaban J connectivity index is 0.000000705. The molecule has 0 heterocycles. The zero-order chi connectivity index (χ0) is 19.1. The lowest BCUT2D eigenvalue weighted by Crippen LogP contribution is -2.48. The van der Waals surface area contributed by atoms with Gasteiger partial charge in [0.2, 0.25) is 0 Å². The highest BCUT2D eigenvalue weighted by Crippen LogP contribution is 2.56. The summed E-state index contributed by atoms with van der Waals surface area (Å²) in [6.45, 7) is 6.06. The quantitative estimate of drug-likeness (QED) is 0.571. The SMILES string of the molecule is CC(C)O.CC1CCCC(NCCc2ccc(Cl)cc2)(P(=O)(O)O)C1. The molecule has 0 aliphatic heterocycles. The molecule has 0 bridgehead atoms. The normalized spacial score (nSPS) is 23.9. The fraction of sp³-hybridized carbons (Fsp3) is 0.667. The van der Waals surface area contributed by atoms with Crippen LogP contribution in [0.2, 0.25) is 5.02 Å².